The van der Waals surface area contributed by atoms with Gasteiger partial charge in [-0.05, 0) is 0 Å². The Kier molecular flexibility index (Phi) is 4.85. The highest BCUT2D eigenvalue weighted by Gasteiger charge is 2.16. The number of amides is 1. The van der Waals surface area contributed by atoms with Gasteiger partial charge in [-0.25, -0.2) is 0 Å². The molecule has 1 rings (SSSR count). The molecular formula is C11H18N4O3. The minimum atomic E-state index is -0.517. The van der Waals surface area contributed by atoms with E-state index in [0.29, 0.717) is 19.1 Å². The maximum absolute atomic E-state index is 11.8. The van der Waals surface area contributed by atoms with Gasteiger partial charge in [-0.3, -0.25) is 14.9 Å². The van der Waals surface area contributed by atoms with Gasteiger partial charge in [-0.2, -0.15) is 0 Å². The minimum Gasteiger partial charge on any atom is -0.349 e. The van der Waals surface area contributed by atoms with Gasteiger partial charge >= 0.3 is 0 Å². The van der Waals surface area contributed by atoms with E-state index in [0.717, 1.165) is 0 Å². The fourth-order valence-corrected chi connectivity index (χ4v) is 1.50. The molecule has 0 saturated carbocycles. The normalized spacial score (nSPS) is 10.7. The van der Waals surface area contributed by atoms with Crippen molar-refractivity contribution in [1.82, 2.24) is 15.2 Å². The van der Waals surface area contributed by atoms with E-state index in [-0.39, 0.29) is 17.3 Å². The summed E-state index contributed by atoms with van der Waals surface area (Å²) in [6.07, 6.45) is 1.32. The molecule has 0 aliphatic carbocycles. The zero-order chi connectivity index (χ0) is 13.7. The second-order valence-corrected chi connectivity index (χ2v) is 4.32. The Balaban J connectivity index is 2.54. The molecule has 0 saturated heterocycles. The molecule has 0 spiro atoms. The predicted molar refractivity (Wildman–Crippen MR) is 67.5 cm³/mol. The number of hydrogen-bond acceptors (Lipinski definition) is 4. The molecule has 7 heteroatoms. The van der Waals surface area contributed by atoms with E-state index in [4.69, 9.17) is 0 Å². The number of aromatic nitrogens is 1. The van der Waals surface area contributed by atoms with Crippen LogP contribution in [0.5, 0.6) is 0 Å². The average molecular weight is 254 g/mol. The van der Waals surface area contributed by atoms with Crippen molar-refractivity contribution in [1.29, 1.82) is 0 Å². The highest BCUT2D eigenvalue weighted by atomic mass is 16.6. The largest absolute Gasteiger partial charge is 0.349 e. The molecule has 100 valence electrons. The van der Waals surface area contributed by atoms with Crippen LogP contribution < -0.4 is 10.6 Å². The lowest BCUT2D eigenvalue weighted by Gasteiger charge is -2.09. The second kappa shape index (κ2) is 6.15. The van der Waals surface area contributed by atoms with Crippen LogP contribution in [0.15, 0.2) is 12.3 Å². The first-order chi connectivity index (χ1) is 8.41. The SMILES string of the molecule is CC(C)NCCNC(=O)c1cc([N+](=O)[O-])cn1C. The number of nitro groups is 1. The molecule has 0 fully saturated rings. The fraction of sp³-hybridized carbons (Fsp3) is 0.545. The minimum absolute atomic E-state index is 0.0806. The van der Waals surface area contributed by atoms with E-state index < -0.39 is 4.92 Å². The van der Waals surface area contributed by atoms with Gasteiger partial charge in [0.15, 0.2) is 0 Å². The van der Waals surface area contributed by atoms with Crippen molar-refractivity contribution >= 4 is 11.6 Å². The molecule has 1 amide bonds. The Morgan fingerprint density at radius 1 is 1.50 bits per heavy atom. The van der Waals surface area contributed by atoms with Crippen molar-refractivity contribution in [2.45, 2.75) is 19.9 Å². The van der Waals surface area contributed by atoms with Crippen molar-refractivity contribution in [2.24, 2.45) is 7.05 Å². The van der Waals surface area contributed by atoms with Crippen LogP contribution in [0, 0.1) is 10.1 Å². The molecule has 0 unspecified atom stereocenters. The number of nitrogens with zero attached hydrogens (tertiary/aromatic N) is 2. The third-order valence-electron chi connectivity index (χ3n) is 2.40. The average Bonchev–Trinajstić information content (AvgIpc) is 2.66. The van der Waals surface area contributed by atoms with E-state index in [1.54, 1.807) is 7.05 Å². The quantitative estimate of drug-likeness (QED) is 0.443. The van der Waals surface area contributed by atoms with Gasteiger partial charge < -0.3 is 15.2 Å². The van der Waals surface area contributed by atoms with Crippen LogP contribution in [0.3, 0.4) is 0 Å². The Morgan fingerprint density at radius 2 is 2.17 bits per heavy atom. The van der Waals surface area contributed by atoms with Gasteiger partial charge in [0.25, 0.3) is 11.6 Å². The maximum Gasteiger partial charge on any atom is 0.287 e. The Morgan fingerprint density at radius 3 is 2.67 bits per heavy atom. The lowest BCUT2D eigenvalue weighted by atomic mass is 10.3. The van der Waals surface area contributed by atoms with Crippen LogP contribution in [-0.4, -0.2) is 34.5 Å². The highest BCUT2D eigenvalue weighted by molar-refractivity contribution is 5.93. The van der Waals surface area contributed by atoms with Crippen LogP contribution >= 0.6 is 0 Å². The molecular weight excluding hydrogens is 236 g/mol. The zero-order valence-electron chi connectivity index (χ0n) is 10.8. The summed E-state index contributed by atoms with van der Waals surface area (Å²) in [5.41, 5.74) is 0.203. The first kappa shape index (κ1) is 14.2. The number of carbonyl (C=O) groups is 1. The summed E-state index contributed by atoms with van der Waals surface area (Å²) in [6.45, 7) is 5.18. The van der Waals surface area contributed by atoms with Crippen LogP contribution in [0.25, 0.3) is 0 Å². The van der Waals surface area contributed by atoms with Crippen LogP contribution in [0.4, 0.5) is 5.69 Å². The summed E-state index contributed by atoms with van der Waals surface area (Å²) in [4.78, 5) is 21.8. The summed E-state index contributed by atoms with van der Waals surface area (Å²) in [5.74, 6) is -0.309. The Bertz CT molecular complexity index is 439. The molecule has 0 aliphatic heterocycles. The van der Waals surface area contributed by atoms with Gasteiger partial charge in [-0.15, -0.1) is 0 Å². The van der Waals surface area contributed by atoms with E-state index in [1.165, 1.54) is 16.8 Å². The third kappa shape index (κ3) is 3.85. The van der Waals surface area contributed by atoms with Crippen molar-refractivity contribution in [3.8, 4) is 0 Å². The van der Waals surface area contributed by atoms with Gasteiger partial charge in [0.1, 0.15) is 5.69 Å². The van der Waals surface area contributed by atoms with Crippen LogP contribution in [-0.2, 0) is 7.05 Å². The zero-order valence-corrected chi connectivity index (χ0v) is 10.8. The van der Waals surface area contributed by atoms with Crippen molar-refractivity contribution in [3.05, 3.63) is 28.1 Å². The number of rotatable bonds is 6. The molecule has 1 aromatic heterocycles. The summed E-state index contributed by atoms with van der Waals surface area (Å²) >= 11 is 0. The van der Waals surface area contributed by atoms with Crippen LogP contribution in [0.1, 0.15) is 24.3 Å². The summed E-state index contributed by atoms with van der Waals surface area (Å²) < 4.78 is 1.45. The van der Waals surface area contributed by atoms with Gasteiger partial charge in [0, 0.05) is 32.2 Å². The maximum atomic E-state index is 11.8. The molecule has 1 aromatic rings. The first-order valence-electron chi connectivity index (χ1n) is 5.74. The molecule has 0 radical (unpaired) electrons. The lowest BCUT2D eigenvalue weighted by molar-refractivity contribution is -0.384. The molecule has 1 heterocycles. The van der Waals surface area contributed by atoms with E-state index in [2.05, 4.69) is 10.6 Å². The number of nitrogens with one attached hydrogen (secondary N) is 2. The first-order valence-corrected chi connectivity index (χ1v) is 5.74. The molecule has 0 aliphatic rings. The summed E-state index contributed by atoms with van der Waals surface area (Å²) in [5, 5.41) is 16.4. The standard InChI is InChI=1S/C11H18N4O3/c1-8(2)12-4-5-13-11(16)10-6-9(15(17)18)7-14(10)3/h6-8,12H,4-5H2,1-3H3,(H,13,16). The summed E-state index contributed by atoms with van der Waals surface area (Å²) in [6, 6.07) is 1.63. The lowest BCUT2D eigenvalue weighted by Crippen LogP contribution is -2.35. The molecule has 18 heavy (non-hydrogen) atoms. The third-order valence-corrected chi connectivity index (χ3v) is 2.40. The number of carbonyl (C=O) groups excluding carboxylic acids is 1. The Labute approximate surface area is 105 Å². The molecule has 0 bridgehead atoms. The fourth-order valence-electron chi connectivity index (χ4n) is 1.50. The Hall–Kier alpha value is -1.89. The molecule has 2 N–H and O–H groups in total. The highest BCUT2D eigenvalue weighted by Crippen LogP contribution is 2.14. The predicted octanol–water partition coefficient (Wildman–Crippen LogP) is 0.661. The van der Waals surface area contributed by atoms with Gasteiger partial charge in [0.2, 0.25) is 0 Å². The second-order valence-electron chi connectivity index (χ2n) is 4.32. The van der Waals surface area contributed by atoms with Crippen molar-refractivity contribution in [3.63, 3.8) is 0 Å². The monoisotopic (exact) mass is 254 g/mol. The van der Waals surface area contributed by atoms with Crippen LogP contribution in [0.2, 0.25) is 0 Å². The van der Waals surface area contributed by atoms with Crippen molar-refractivity contribution in [2.75, 3.05) is 13.1 Å². The number of aryl methyl sites for hydroxylation is 1. The topological polar surface area (TPSA) is 89.2 Å². The van der Waals surface area contributed by atoms with E-state index in [9.17, 15) is 14.9 Å². The smallest absolute Gasteiger partial charge is 0.287 e. The number of hydrogen-bond donors (Lipinski definition) is 2. The summed E-state index contributed by atoms with van der Waals surface area (Å²) in [7, 11) is 1.61. The molecule has 0 atom stereocenters. The van der Waals surface area contributed by atoms with Gasteiger partial charge in [0.05, 0.1) is 11.1 Å². The molecule has 0 aromatic carbocycles. The molecule has 7 nitrogen and oxygen atoms in total. The van der Waals surface area contributed by atoms with Crippen molar-refractivity contribution < 1.29 is 9.72 Å². The van der Waals surface area contributed by atoms with Gasteiger partial charge in [-0.1, -0.05) is 13.8 Å². The van der Waals surface area contributed by atoms with E-state index in [1.807, 2.05) is 13.8 Å². The van der Waals surface area contributed by atoms with E-state index >= 15 is 0 Å².